The molecule has 1 unspecified atom stereocenters. The Morgan fingerprint density at radius 2 is 1.92 bits per heavy atom. The van der Waals surface area contributed by atoms with Gasteiger partial charge in [-0.05, 0) is 61.2 Å². The topological polar surface area (TPSA) is 91.6 Å². The Hall–Kier alpha value is -3.56. The molecular weight excluding hydrogens is 500 g/mol. The summed E-state index contributed by atoms with van der Waals surface area (Å²) in [5.74, 6) is 0.790. The number of aromatic nitrogens is 5. The van der Waals surface area contributed by atoms with Crippen molar-refractivity contribution >= 4 is 29.0 Å². The lowest BCUT2D eigenvalue weighted by molar-refractivity contribution is -0.135. The molecule has 0 radical (unpaired) electrons. The first-order valence-corrected chi connectivity index (χ1v) is 13.5. The van der Waals surface area contributed by atoms with E-state index in [9.17, 15) is 4.79 Å². The first-order valence-electron chi connectivity index (χ1n) is 13.2. The van der Waals surface area contributed by atoms with E-state index < -0.39 is 0 Å². The molecule has 3 atom stereocenters. The van der Waals surface area contributed by atoms with Crippen molar-refractivity contribution in [1.29, 1.82) is 0 Å². The van der Waals surface area contributed by atoms with Gasteiger partial charge in [0.2, 0.25) is 5.91 Å². The molecule has 5 heterocycles. The van der Waals surface area contributed by atoms with E-state index in [4.69, 9.17) is 16.6 Å². The van der Waals surface area contributed by atoms with Gasteiger partial charge in [-0.3, -0.25) is 9.78 Å². The quantitative estimate of drug-likeness (QED) is 0.430. The largest absolute Gasteiger partial charge is 0.354 e. The lowest BCUT2D eigenvalue weighted by Crippen LogP contribution is -2.45. The second kappa shape index (κ2) is 10.7. The first-order chi connectivity index (χ1) is 18.5. The van der Waals surface area contributed by atoms with E-state index in [2.05, 4.69) is 49.8 Å². The summed E-state index contributed by atoms with van der Waals surface area (Å²) in [6.45, 7) is 5.48. The number of carbonyl (C=O) groups excluding carboxylic acids is 1. The average molecular weight is 531 g/mol. The van der Waals surface area contributed by atoms with Crippen molar-refractivity contribution in [2.24, 2.45) is 5.92 Å². The van der Waals surface area contributed by atoms with Crippen molar-refractivity contribution in [3.8, 4) is 0 Å². The molecule has 1 aromatic carbocycles. The molecule has 0 saturated carbocycles. The Bertz CT molecular complexity index is 1400. The van der Waals surface area contributed by atoms with Gasteiger partial charge in [0.25, 0.3) is 0 Å². The van der Waals surface area contributed by atoms with E-state index in [-0.39, 0.29) is 23.8 Å². The predicted molar refractivity (Wildman–Crippen MR) is 146 cm³/mol. The molecule has 2 fully saturated rings. The smallest absolute Gasteiger partial charge is 0.228 e. The third-order valence-electron chi connectivity index (χ3n) is 7.70. The van der Waals surface area contributed by atoms with Crippen LogP contribution in [0.3, 0.4) is 0 Å². The van der Waals surface area contributed by atoms with Gasteiger partial charge in [0.1, 0.15) is 12.1 Å². The van der Waals surface area contributed by atoms with Gasteiger partial charge in [-0.1, -0.05) is 29.8 Å². The highest BCUT2D eigenvalue weighted by atomic mass is 35.5. The minimum atomic E-state index is -0.199. The fourth-order valence-electron chi connectivity index (χ4n) is 5.63. The van der Waals surface area contributed by atoms with Crippen LogP contribution in [0.2, 0.25) is 5.02 Å². The summed E-state index contributed by atoms with van der Waals surface area (Å²) >= 11 is 6.08. The van der Waals surface area contributed by atoms with E-state index in [1.807, 2.05) is 42.3 Å². The van der Waals surface area contributed by atoms with Crippen LogP contribution in [0.4, 0.5) is 5.82 Å². The number of rotatable bonds is 4. The van der Waals surface area contributed by atoms with Gasteiger partial charge < -0.3 is 15.1 Å². The van der Waals surface area contributed by atoms with Crippen LogP contribution < -0.4 is 10.2 Å². The summed E-state index contributed by atoms with van der Waals surface area (Å²) in [6, 6.07) is 16.3. The van der Waals surface area contributed by atoms with E-state index in [1.165, 1.54) is 5.56 Å². The summed E-state index contributed by atoms with van der Waals surface area (Å²) in [6.07, 6.45) is 5.38. The Kier molecular flexibility index (Phi) is 6.95. The van der Waals surface area contributed by atoms with Crippen LogP contribution in [0.5, 0.6) is 0 Å². The van der Waals surface area contributed by atoms with Crippen LogP contribution in [0.15, 0.2) is 61.1 Å². The molecule has 196 valence electrons. The molecule has 3 aromatic heterocycles. The molecule has 4 aromatic rings. The van der Waals surface area contributed by atoms with Crippen LogP contribution in [0, 0.1) is 12.8 Å². The maximum absolute atomic E-state index is 14.0. The molecule has 0 aliphatic carbocycles. The molecular formula is C28H31ClN8O. The fourth-order valence-corrected chi connectivity index (χ4v) is 5.76. The molecule has 1 amide bonds. The summed E-state index contributed by atoms with van der Waals surface area (Å²) in [5.41, 5.74) is 4.00. The number of fused-ring (bicyclic) bond motifs is 1. The minimum absolute atomic E-state index is 0.0123. The highest BCUT2D eigenvalue weighted by Gasteiger charge is 2.42. The van der Waals surface area contributed by atoms with Crippen LogP contribution in [0.25, 0.3) is 5.65 Å². The summed E-state index contributed by atoms with van der Waals surface area (Å²) in [5, 5.41) is 17.1. The fraction of sp³-hybridized carbons (Fsp3) is 0.393. The van der Waals surface area contributed by atoms with Gasteiger partial charge in [0.15, 0.2) is 5.65 Å². The zero-order valence-corrected chi connectivity index (χ0v) is 22.1. The number of benzene rings is 1. The number of carbonyl (C=O) groups is 1. The summed E-state index contributed by atoms with van der Waals surface area (Å²) in [7, 11) is 0. The van der Waals surface area contributed by atoms with Gasteiger partial charge in [-0.25, -0.2) is 0 Å². The number of nitrogens with zero attached hydrogens (tertiary/aromatic N) is 7. The highest BCUT2D eigenvalue weighted by Crippen LogP contribution is 2.35. The molecule has 0 spiro atoms. The monoisotopic (exact) mass is 530 g/mol. The Balaban J connectivity index is 1.20. The van der Waals surface area contributed by atoms with Crippen LogP contribution in [-0.4, -0.2) is 68.3 Å². The van der Waals surface area contributed by atoms with Crippen molar-refractivity contribution in [2.75, 3.05) is 37.6 Å². The Morgan fingerprint density at radius 3 is 2.74 bits per heavy atom. The Morgan fingerprint density at radius 1 is 1.05 bits per heavy atom. The molecule has 6 rings (SSSR count). The third-order valence-corrected chi connectivity index (χ3v) is 7.95. The highest BCUT2D eigenvalue weighted by molar-refractivity contribution is 6.30. The van der Waals surface area contributed by atoms with Gasteiger partial charge in [-0.2, -0.15) is 4.52 Å². The number of nitrogens with one attached hydrogen (secondary N) is 1. The van der Waals surface area contributed by atoms with Crippen molar-refractivity contribution in [2.45, 2.75) is 31.7 Å². The lowest BCUT2D eigenvalue weighted by atomic mass is 9.90. The number of halogens is 1. The summed E-state index contributed by atoms with van der Waals surface area (Å²) in [4.78, 5) is 23.0. The second-order valence-electron chi connectivity index (χ2n) is 10.2. The third kappa shape index (κ3) is 5.08. The van der Waals surface area contributed by atoms with E-state index in [0.29, 0.717) is 25.3 Å². The zero-order chi connectivity index (χ0) is 26.1. The predicted octanol–water partition coefficient (Wildman–Crippen LogP) is 3.65. The first kappa shape index (κ1) is 24.8. The summed E-state index contributed by atoms with van der Waals surface area (Å²) < 4.78 is 1.67. The lowest BCUT2D eigenvalue weighted by Gasteiger charge is -2.32. The number of pyridine rings is 1. The second-order valence-corrected chi connectivity index (χ2v) is 10.7. The normalized spacial score (nSPS) is 22.4. The molecule has 38 heavy (non-hydrogen) atoms. The maximum atomic E-state index is 14.0. The molecule has 2 saturated heterocycles. The Labute approximate surface area is 226 Å². The van der Waals surface area contributed by atoms with Crippen molar-refractivity contribution in [1.82, 2.24) is 35.0 Å². The van der Waals surface area contributed by atoms with Gasteiger partial charge >= 0.3 is 0 Å². The average Bonchev–Trinajstić information content (AvgIpc) is 3.57. The minimum Gasteiger partial charge on any atom is -0.354 e. The zero-order valence-electron chi connectivity index (χ0n) is 21.4. The number of anilines is 1. The van der Waals surface area contributed by atoms with Crippen LogP contribution in [-0.2, 0) is 4.79 Å². The van der Waals surface area contributed by atoms with Gasteiger partial charge in [0, 0.05) is 61.6 Å². The van der Waals surface area contributed by atoms with Crippen LogP contribution >= 0.6 is 11.6 Å². The maximum Gasteiger partial charge on any atom is 0.228 e. The molecule has 2 aliphatic heterocycles. The van der Waals surface area contributed by atoms with Gasteiger partial charge in [-0.15, -0.1) is 15.3 Å². The number of aryl methyl sites for hydroxylation is 1. The molecule has 10 heteroatoms. The van der Waals surface area contributed by atoms with E-state index in [0.717, 1.165) is 48.0 Å². The molecule has 2 aliphatic rings. The standard InChI is InChI=1S/C28H31ClN8O/c1-19-4-9-25(31-15-19)22-16-36(27-11-10-26-33-32-18-37(26)34-27)17-23(22)28(38)35-13-2-3-24(30-12-14-35)20-5-7-21(29)8-6-20/h4-11,15,18,22-24,30H,2-3,12-14,16-17H2,1H3/t22-,23-,24?/m1/s1. The van der Waals surface area contributed by atoms with Crippen molar-refractivity contribution < 1.29 is 4.79 Å². The SMILES string of the molecule is Cc1ccc([C@@H]2CN(c3ccc4nncn4n3)C[C@H]2C(=O)N2CCCC(c3ccc(Cl)cc3)NCC2)nc1. The molecule has 9 nitrogen and oxygen atoms in total. The number of hydrogen-bond donors (Lipinski definition) is 1. The van der Waals surface area contributed by atoms with Crippen LogP contribution in [0.1, 0.15) is 41.6 Å². The number of hydrogen-bond acceptors (Lipinski definition) is 7. The molecule has 1 N–H and O–H groups in total. The van der Waals surface area contributed by atoms with Crippen molar-refractivity contribution in [3.63, 3.8) is 0 Å². The van der Waals surface area contributed by atoms with E-state index >= 15 is 0 Å². The number of amides is 1. The van der Waals surface area contributed by atoms with E-state index in [1.54, 1.807) is 10.8 Å². The molecule has 0 bridgehead atoms. The van der Waals surface area contributed by atoms with Crippen molar-refractivity contribution in [3.05, 3.63) is 82.9 Å². The van der Waals surface area contributed by atoms with Gasteiger partial charge in [0.05, 0.1) is 5.92 Å².